The standard InChI is InChI=1S/C14H24O/c1-11-7-6-10-14(3,4)13(11)9-8-12(2)15-5/h7,9,12H,6,8,10H2,1-5H3/b13-9-/t12-/m1/s1. The summed E-state index contributed by atoms with van der Waals surface area (Å²) < 4.78 is 5.28. The van der Waals surface area contributed by atoms with Gasteiger partial charge in [-0.25, -0.2) is 0 Å². The summed E-state index contributed by atoms with van der Waals surface area (Å²) in [7, 11) is 1.78. The molecule has 0 aromatic rings. The van der Waals surface area contributed by atoms with E-state index in [9.17, 15) is 0 Å². The molecule has 0 aromatic heterocycles. The van der Waals surface area contributed by atoms with Crippen molar-refractivity contribution >= 4 is 0 Å². The molecule has 0 heterocycles. The molecule has 15 heavy (non-hydrogen) atoms. The van der Waals surface area contributed by atoms with Crippen LogP contribution in [0.4, 0.5) is 0 Å². The van der Waals surface area contributed by atoms with E-state index in [1.807, 2.05) is 0 Å². The number of methoxy groups -OCH3 is 1. The summed E-state index contributed by atoms with van der Waals surface area (Å²) in [6.07, 6.45) is 8.53. The minimum atomic E-state index is 0.322. The molecule has 0 spiro atoms. The van der Waals surface area contributed by atoms with Crippen molar-refractivity contribution in [3.63, 3.8) is 0 Å². The molecule has 0 radical (unpaired) electrons. The van der Waals surface area contributed by atoms with Crippen LogP contribution in [0.2, 0.25) is 0 Å². The Morgan fingerprint density at radius 1 is 1.53 bits per heavy atom. The maximum atomic E-state index is 5.28. The van der Waals surface area contributed by atoms with Crippen molar-refractivity contribution in [3.05, 3.63) is 23.3 Å². The van der Waals surface area contributed by atoms with Gasteiger partial charge < -0.3 is 4.74 Å². The summed E-state index contributed by atoms with van der Waals surface area (Å²) in [4.78, 5) is 0. The highest BCUT2D eigenvalue weighted by molar-refractivity contribution is 5.36. The predicted molar refractivity (Wildman–Crippen MR) is 65.9 cm³/mol. The molecule has 1 aliphatic rings. The van der Waals surface area contributed by atoms with Gasteiger partial charge in [0.15, 0.2) is 0 Å². The molecule has 0 saturated heterocycles. The Balaban J connectivity index is 2.79. The van der Waals surface area contributed by atoms with Crippen LogP contribution >= 0.6 is 0 Å². The smallest absolute Gasteiger partial charge is 0.0577 e. The maximum Gasteiger partial charge on any atom is 0.0577 e. The van der Waals surface area contributed by atoms with Gasteiger partial charge in [-0.2, -0.15) is 0 Å². The molecule has 0 saturated carbocycles. The Bertz CT molecular complexity index is 271. The molecule has 0 aliphatic heterocycles. The summed E-state index contributed by atoms with van der Waals surface area (Å²) in [5, 5.41) is 0. The van der Waals surface area contributed by atoms with Crippen LogP contribution in [0.1, 0.15) is 47.0 Å². The van der Waals surface area contributed by atoms with Crippen LogP contribution in [0.25, 0.3) is 0 Å². The van der Waals surface area contributed by atoms with Gasteiger partial charge in [-0.15, -0.1) is 0 Å². The molecule has 0 N–H and O–H groups in total. The van der Waals surface area contributed by atoms with Crippen LogP contribution in [-0.4, -0.2) is 13.2 Å². The quantitative estimate of drug-likeness (QED) is 0.678. The van der Waals surface area contributed by atoms with Crippen LogP contribution in [0.5, 0.6) is 0 Å². The molecule has 1 atom stereocenters. The molecular formula is C14H24O. The topological polar surface area (TPSA) is 9.23 Å². The predicted octanol–water partition coefficient (Wildman–Crippen LogP) is 4.10. The van der Waals surface area contributed by atoms with Crippen molar-refractivity contribution in [2.24, 2.45) is 5.41 Å². The summed E-state index contributed by atoms with van der Waals surface area (Å²) in [6.45, 7) is 9.02. The lowest BCUT2D eigenvalue weighted by molar-refractivity contribution is 0.120. The first-order valence-electron chi connectivity index (χ1n) is 5.88. The lowest BCUT2D eigenvalue weighted by Crippen LogP contribution is -2.19. The fourth-order valence-corrected chi connectivity index (χ4v) is 2.25. The zero-order valence-electron chi connectivity index (χ0n) is 10.8. The van der Waals surface area contributed by atoms with Gasteiger partial charge in [0.05, 0.1) is 6.10 Å². The fraction of sp³-hybridized carbons (Fsp3) is 0.714. The number of hydrogen-bond acceptors (Lipinski definition) is 1. The molecule has 0 unspecified atom stereocenters. The van der Waals surface area contributed by atoms with Crippen LogP contribution in [-0.2, 0) is 4.74 Å². The van der Waals surface area contributed by atoms with Crippen molar-refractivity contribution in [1.29, 1.82) is 0 Å². The van der Waals surface area contributed by atoms with Gasteiger partial charge in [0.1, 0.15) is 0 Å². The van der Waals surface area contributed by atoms with Crippen LogP contribution in [0, 0.1) is 5.41 Å². The summed E-state index contributed by atoms with van der Waals surface area (Å²) >= 11 is 0. The summed E-state index contributed by atoms with van der Waals surface area (Å²) in [6, 6.07) is 0. The normalized spacial score (nSPS) is 25.1. The monoisotopic (exact) mass is 208 g/mol. The molecule has 1 nitrogen and oxygen atoms in total. The molecule has 1 rings (SSSR count). The van der Waals surface area contributed by atoms with Gasteiger partial charge in [0.2, 0.25) is 0 Å². The molecule has 86 valence electrons. The average molecular weight is 208 g/mol. The van der Waals surface area contributed by atoms with Gasteiger partial charge in [-0.1, -0.05) is 31.6 Å². The van der Waals surface area contributed by atoms with Gasteiger partial charge in [0.25, 0.3) is 0 Å². The van der Waals surface area contributed by atoms with E-state index in [4.69, 9.17) is 4.74 Å². The molecule has 0 fully saturated rings. The third-order valence-corrected chi connectivity index (χ3v) is 3.43. The number of ether oxygens (including phenoxy) is 1. The molecule has 0 amide bonds. The lowest BCUT2D eigenvalue weighted by Gasteiger charge is -2.32. The summed E-state index contributed by atoms with van der Waals surface area (Å²) in [5.74, 6) is 0. The van der Waals surface area contributed by atoms with E-state index in [0.29, 0.717) is 11.5 Å². The Morgan fingerprint density at radius 3 is 2.73 bits per heavy atom. The van der Waals surface area contributed by atoms with Crippen LogP contribution in [0.3, 0.4) is 0 Å². The van der Waals surface area contributed by atoms with E-state index < -0.39 is 0 Å². The third-order valence-electron chi connectivity index (χ3n) is 3.43. The van der Waals surface area contributed by atoms with Crippen molar-refractivity contribution in [2.45, 2.75) is 53.1 Å². The van der Waals surface area contributed by atoms with Crippen molar-refractivity contribution in [2.75, 3.05) is 7.11 Å². The Kier molecular flexibility index (Phi) is 4.15. The second-order valence-corrected chi connectivity index (χ2v) is 5.21. The SMILES string of the molecule is CO[C@H](C)C/C=C1/C(C)=CCCC1(C)C. The van der Waals surface area contributed by atoms with E-state index in [1.54, 1.807) is 7.11 Å². The van der Waals surface area contributed by atoms with E-state index in [1.165, 1.54) is 24.0 Å². The molecule has 1 heteroatoms. The highest BCUT2D eigenvalue weighted by atomic mass is 16.5. The minimum absolute atomic E-state index is 0.322. The second kappa shape index (κ2) is 4.98. The van der Waals surface area contributed by atoms with Gasteiger partial charge >= 0.3 is 0 Å². The van der Waals surface area contributed by atoms with E-state index >= 15 is 0 Å². The van der Waals surface area contributed by atoms with Crippen LogP contribution < -0.4 is 0 Å². The largest absolute Gasteiger partial charge is 0.381 e. The van der Waals surface area contributed by atoms with Crippen LogP contribution in [0.15, 0.2) is 23.3 Å². The van der Waals surface area contributed by atoms with Gasteiger partial charge in [-0.05, 0) is 44.1 Å². The zero-order chi connectivity index (χ0) is 11.5. The Hall–Kier alpha value is -0.560. The van der Waals surface area contributed by atoms with Crippen molar-refractivity contribution < 1.29 is 4.74 Å². The van der Waals surface area contributed by atoms with E-state index in [-0.39, 0.29) is 0 Å². The lowest BCUT2D eigenvalue weighted by atomic mass is 9.73. The number of hydrogen-bond donors (Lipinski definition) is 0. The Morgan fingerprint density at radius 2 is 2.20 bits per heavy atom. The molecule has 0 aromatic carbocycles. The van der Waals surface area contributed by atoms with Gasteiger partial charge in [-0.3, -0.25) is 0 Å². The van der Waals surface area contributed by atoms with Gasteiger partial charge in [0, 0.05) is 7.11 Å². The van der Waals surface area contributed by atoms with Crippen molar-refractivity contribution in [3.8, 4) is 0 Å². The van der Waals surface area contributed by atoms with E-state index in [2.05, 4.69) is 39.8 Å². The summed E-state index contributed by atoms with van der Waals surface area (Å²) in [5.41, 5.74) is 3.30. The third kappa shape index (κ3) is 3.20. The number of allylic oxidation sites excluding steroid dienone is 3. The first-order chi connectivity index (χ1) is 6.97. The first-order valence-corrected chi connectivity index (χ1v) is 5.88. The average Bonchev–Trinajstić information content (AvgIpc) is 2.15. The molecule has 0 bridgehead atoms. The second-order valence-electron chi connectivity index (χ2n) is 5.21. The highest BCUT2D eigenvalue weighted by Crippen LogP contribution is 2.40. The minimum Gasteiger partial charge on any atom is -0.381 e. The molecule has 1 aliphatic carbocycles. The van der Waals surface area contributed by atoms with Crippen molar-refractivity contribution in [1.82, 2.24) is 0 Å². The van der Waals surface area contributed by atoms with E-state index in [0.717, 1.165) is 6.42 Å². The zero-order valence-corrected chi connectivity index (χ0v) is 10.8. The Labute approximate surface area is 94.2 Å². The first kappa shape index (κ1) is 12.5. The fourth-order valence-electron chi connectivity index (χ4n) is 2.25. The highest BCUT2D eigenvalue weighted by Gasteiger charge is 2.26. The number of rotatable bonds is 3. The molecular weight excluding hydrogens is 184 g/mol. The maximum absolute atomic E-state index is 5.28.